The Morgan fingerprint density at radius 1 is 1.09 bits per heavy atom. The van der Waals surface area contributed by atoms with Gasteiger partial charge in [0.05, 0.1) is 38.7 Å². The number of fused-ring (bicyclic) bond motifs is 1. The predicted octanol–water partition coefficient (Wildman–Crippen LogP) is 3.60. The molecule has 44 heavy (non-hydrogen) atoms. The first-order chi connectivity index (χ1) is 21.4. The maximum Gasteiger partial charge on any atom is 0.248 e. The minimum atomic E-state index is -0.785. The topological polar surface area (TPSA) is 91.0 Å². The Morgan fingerprint density at radius 2 is 1.89 bits per heavy atom. The first kappa shape index (κ1) is 34.1. The van der Waals surface area contributed by atoms with E-state index in [0.717, 1.165) is 60.8 Å². The van der Waals surface area contributed by atoms with Gasteiger partial charge in [-0.1, -0.05) is 37.3 Å². The highest BCUT2D eigenvalue weighted by Gasteiger charge is 2.45. The van der Waals surface area contributed by atoms with Crippen LogP contribution >= 0.6 is 0 Å². The lowest BCUT2D eigenvalue weighted by molar-refractivity contribution is -0.178. The van der Waals surface area contributed by atoms with Crippen LogP contribution in [0.25, 0.3) is 0 Å². The van der Waals surface area contributed by atoms with E-state index in [2.05, 4.69) is 53.5 Å². The molecule has 0 aromatic heterocycles. The number of amides is 1. The molecule has 10 heteroatoms. The third-order valence-electron chi connectivity index (χ3n) is 8.25. The molecule has 4 rings (SSSR count). The van der Waals surface area contributed by atoms with Crippen LogP contribution in [-0.4, -0.2) is 104 Å². The summed E-state index contributed by atoms with van der Waals surface area (Å²) >= 11 is 0. The molecule has 1 amide bonds. The van der Waals surface area contributed by atoms with Crippen LogP contribution in [-0.2, 0) is 47.3 Å². The molecule has 1 saturated heterocycles. The van der Waals surface area contributed by atoms with Gasteiger partial charge in [0, 0.05) is 53.9 Å². The summed E-state index contributed by atoms with van der Waals surface area (Å²) < 4.78 is 35.6. The number of carbonyl (C=O) groups is 1. The smallest absolute Gasteiger partial charge is 0.248 e. The zero-order chi connectivity index (χ0) is 31.4. The lowest BCUT2D eigenvalue weighted by atomic mass is 9.82. The number of piperidine rings is 1. The molecular weight excluding hydrogens is 562 g/mol. The van der Waals surface area contributed by atoms with Crippen LogP contribution in [0, 0.1) is 5.92 Å². The lowest BCUT2D eigenvalue weighted by Gasteiger charge is -2.44. The van der Waals surface area contributed by atoms with E-state index in [0.29, 0.717) is 51.9 Å². The summed E-state index contributed by atoms with van der Waals surface area (Å²) in [6.07, 6.45) is 1.32. The average molecular weight is 614 g/mol. The number of carbonyl (C=O) groups excluding carboxylic acids is 1. The summed E-state index contributed by atoms with van der Waals surface area (Å²) in [5.74, 6) is 1.15. The molecule has 2 aliphatic heterocycles. The Bertz CT molecular complexity index is 1160. The van der Waals surface area contributed by atoms with Crippen LogP contribution in [0.3, 0.4) is 0 Å². The summed E-state index contributed by atoms with van der Waals surface area (Å²) in [5, 5.41) is 3.48. The number of anilines is 1. The number of benzene rings is 2. The molecule has 1 N–H and O–H groups in total. The zero-order valence-electron chi connectivity index (χ0n) is 27.1. The highest BCUT2D eigenvalue weighted by atomic mass is 16.6. The Balaban J connectivity index is 1.51. The molecule has 1 fully saturated rings. The number of methoxy groups -OCH3 is 2. The fraction of sp³-hybridized carbons (Fsp3) is 0.618. The van der Waals surface area contributed by atoms with Crippen molar-refractivity contribution >= 4 is 11.6 Å². The van der Waals surface area contributed by atoms with Crippen LogP contribution in [0.4, 0.5) is 5.69 Å². The molecule has 2 aromatic carbocycles. The van der Waals surface area contributed by atoms with E-state index in [1.165, 1.54) is 0 Å². The molecule has 3 atom stereocenters. The fourth-order valence-electron chi connectivity index (χ4n) is 5.76. The fourth-order valence-corrected chi connectivity index (χ4v) is 5.76. The molecule has 244 valence electrons. The van der Waals surface area contributed by atoms with Crippen molar-refractivity contribution in [2.45, 2.75) is 44.7 Å². The maximum atomic E-state index is 12.7. The van der Waals surface area contributed by atoms with E-state index in [9.17, 15) is 4.79 Å². The summed E-state index contributed by atoms with van der Waals surface area (Å²) in [7, 11) is 6.93. The summed E-state index contributed by atoms with van der Waals surface area (Å²) in [6, 6.07) is 14.6. The Labute approximate surface area is 262 Å². The Morgan fingerprint density at radius 3 is 2.64 bits per heavy atom. The molecule has 2 heterocycles. The quantitative estimate of drug-likeness (QED) is 0.269. The van der Waals surface area contributed by atoms with Gasteiger partial charge in [0.15, 0.2) is 0 Å². The van der Waals surface area contributed by atoms with Gasteiger partial charge in [-0.05, 0) is 48.2 Å². The van der Waals surface area contributed by atoms with E-state index in [-0.39, 0.29) is 18.6 Å². The van der Waals surface area contributed by atoms with Crippen molar-refractivity contribution in [2.24, 2.45) is 5.92 Å². The molecule has 0 unspecified atom stereocenters. The van der Waals surface area contributed by atoms with Crippen molar-refractivity contribution in [2.75, 3.05) is 92.4 Å². The molecule has 0 spiro atoms. The van der Waals surface area contributed by atoms with Crippen LogP contribution in [0.15, 0.2) is 42.5 Å². The van der Waals surface area contributed by atoms with Gasteiger partial charge >= 0.3 is 0 Å². The van der Waals surface area contributed by atoms with Crippen molar-refractivity contribution in [3.05, 3.63) is 59.2 Å². The lowest BCUT2D eigenvalue weighted by Crippen LogP contribution is -2.55. The SMILES string of the molecule is COCCCN1CCOc2ccc(CO[C@H]3CNCC[C@]3(OCC(=O)N(C)C)c3ccc(COC[C@@H](C)COC)cc3)cc21. The number of nitrogens with one attached hydrogen (secondary N) is 1. The molecular formula is C34H51N3O7. The second-order valence-corrected chi connectivity index (χ2v) is 12.0. The third kappa shape index (κ3) is 9.15. The van der Waals surface area contributed by atoms with Crippen molar-refractivity contribution in [1.29, 1.82) is 0 Å². The zero-order valence-corrected chi connectivity index (χ0v) is 27.1. The summed E-state index contributed by atoms with van der Waals surface area (Å²) in [5.41, 5.74) is 3.44. The highest BCUT2D eigenvalue weighted by molar-refractivity contribution is 5.76. The van der Waals surface area contributed by atoms with Gasteiger partial charge in [0.25, 0.3) is 0 Å². The van der Waals surface area contributed by atoms with Crippen LogP contribution in [0.2, 0.25) is 0 Å². The van der Waals surface area contributed by atoms with Gasteiger partial charge in [-0.2, -0.15) is 0 Å². The molecule has 2 aromatic rings. The third-order valence-corrected chi connectivity index (χ3v) is 8.25. The van der Waals surface area contributed by atoms with Gasteiger partial charge < -0.3 is 43.5 Å². The number of rotatable bonds is 17. The largest absolute Gasteiger partial charge is 0.490 e. The molecule has 0 radical (unpaired) electrons. The van der Waals surface area contributed by atoms with Gasteiger partial charge in [-0.15, -0.1) is 0 Å². The van der Waals surface area contributed by atoms with Gasteiger partial charge in [0.1, 0.15) is 30.7 Å². The van der Waals surface area contributed by atoms with Crippen LogP contribution < -0.4 is 15.0 Å². The second kappa shape index (κ2) is 17.1. The van der Waals surface area contributed by atoms with E-state index in [1.807, 2.05) is 6.07 Å². The number of hydrogen-bond donors (Lipinski definition) is 1. The molecule has 0 bridgehead atoms. The van der Waals surface area contributed by atoms with Gasteiger partial charge in [-0.3, -0.25) is 4.79 Å². The van der Waals surface area contributed by atoms with Crippen LogP contribution in [0.1, 0.15) is 36.5 Å². The maximum absolute atomic E-state index is 12.7. The number of nitrogens with zero attached hydrogens (tertiary/aromatic N) is 2. The molecule has 10 nitrogen and oxygen atoms in total. The number of hydrogen-bond acceptors (Lipinski definition) is 9. The van der Waals surface area contributed by atoms with Crippen LogP contribution in [0.5, 0.6) is 5.75 Å². The standard InChI is InChI=1S/C34H51N3O7/c1-26(21-40-5)22-41-23-27-7-10-29(11-8-27)34(44-25-33(38)36(2)3)13-14-35-20-32(34)43-24-28-9-12-31-30(19-28)37(16-18-42-31)15-6-17-39-4/h7-12,19,26,32,35H,6,13-18,20-25H2,1-5H3/t26-,32-,34-/m0/s1. The Kier molecular flexibility index (Phi) is 13.3. The van der Waals surface area contributed by atoms with Crippen molar-refractivity contribution in [3.8, 4) is 5.75 Å². The number of likely N-dealkylation sites (N-methyl/N-ethyl adjacent to an activating group) is 1. The minimum absolute atomic E-state index is 0.0261. The monoisotopic (exact) mass is 613 g/mol. The number of ether oxygens (including phenoxy) is 6. The van der Waals surface area contributed by atoms with Gasteiger partial charge in [-0.25, -0.2) is 0 Å². The first-order valence-electron chi connectivity index (χ1n) is 15.7. The predicted molar refractivity (Wildman–Crippen MR) is 170 cm³/mol. The van der Waals surface area contributed by atoms with E-state index < -0.39 is 5.60 Å². The molecule has 0 saturated carbocycles. The Hall–Kier alpha value is -2.73. The van der Waals surface area contributed by atoms with Crippen molar-refractivity contribution < 1.29 is 33.2 Å². The normalized spacial score (nSPS) is 20.6. The van der Waals surface area contributed by atoms with Gasteiger partial charge in [0.2, 0.25) is 5.91 Å². The molecule has 2 aliphatic rings. The highest BCUT2D eigenvalue weighted by Crippen LogP contribution is 2.38. The summed E-state index contributed by atoms with van der Waals surface area (Å²) in [6.45, 7) is 8.83. The average Bonchev–Trinajstić information content (AvgIpc) is 3.03. The molecule has 0 aliphatic carbocycles. The minimum Gasteiger partial charge on any atom is -0.490 e. The van der Waals surface area contributed by atoms with E-state index in [4.69, 9.17) is 28.4 Å². The van der Waals surface area contributed by atoms with Crippen molar-refractivity contribution in [3.63, 3.8) is 0 Å². The van der Waals surface area contributed by atoms with E-state index in [1.54, 1.807) is 33.2 Å². The second-order valence-electron chi connectivity index (χ2n) is 12.0. The summed E-state index contributed by atoms with van der Waals surface area (Å²) in [4.78, 5) is 16.6. The first-order valence-corrected chi connectivity index (χ1v) is 15.7. The van der Waals surface area contributed by atoms with E-state index >= 15 is 0 Å². The van der Waals surface area contributed by atoms with Crippen molar-refractivity contribution in [1.82, 2.24) is 10.2 Å².